The van der Waals surface area contributed by atoms with Crippen LogP contribution < -0.4 is 5.32 Å². The third kappa shape index (κ3) is 7.26. The van der Waals surface area contributed by atoms with Crippen LogP contribution >= 0.6 is 11.6 Å². The highest BCUT2D eigenvalue weighted by atomic mass is 35.5. The van der Waals surface area contributed by atoms with Crippen molar-refractivity contribution in [1.82, 2.24) is 10.2 Å². The number of halogens is 1. The minimum atomic E-state index is -0.854. The minimum absolute atomic E-state index is 0.0122. The van der Waals surface area contributed by atoms with E-state index in [4.69, 9.17) is 16.7 Å². The molecule has 0 spiro atoms. The lowest BCUT2D eigenvalue weighted by Crippen LogP contribution is -2.54. The number of carbonyl (C=O) groups excluding carboxylic acids is 1. The van der Waals surface area contributed by atoms with Crippen molar-refractivity contribution in [2.45, 2.75) is 86.1 Å². The highest BCUT2D eigenvalue weighted by Crippen LogP contribution is 2.40. The molecule has 0 aliphatic carbocycles. The van der Waals surface area contributed by atoms with Crippen LogP contribution in [0.3, 0.4) is 0 Å². The van der Waals surface area contributed by atoms with Crippen LogP contribution in [0, 0.1) is 10.8 Å². The van der Waals surface area contributed by atoms with E-state index in [1.165, 1.54) is 0 Å². The van der Waals surface area contributed by atoms with Crippen LogP contribution in [0.15, 0.2) is 30.0 Å². The van der Waals surface area contributed by atoms with Gasteiger partial charge >= 0.3 is 12.0 Å². The van der Waals surface area contributed by atoms with Crippen LogP contribution in [-0.4, -0.2) is 28.6 Å². The Morgan fingerprint density at radius 1 is 1.16 bits per heavy atom. The maximum atomic E-state index is 12.9. The maximum Gasteiger partial charge on any atom is 0.322 e. The summed E-state index contributed by atoms with van der Waals surface area (Å²) in [6.07, 6.45) is 5.09. The highest BCUT2D eigenvalue weighted by molar-refractivity contribution is 6.31. The number of aliphatic carboxylic acids is 1. The first kappa shape index (κ1) is 26.2. The van der Waals surface area contributed by atoms with Gasteiger partial charge in [-0.05, 0) is 66.2 Å². The number of carbonyl (C=O) groups is 2. The zero-order valence-corrected chi connectivity index (χ0v) is 21.4. The van der Waals surface area contributed by atoms with Crippen molar-refractivity contribution in [3.8, 4) is 0 Å². The van der Waals surface area contributed by atoms with Gasteiger partial charge in [-0.15, -0.1) is 0 Å². The van der Waals surface area contributed by atoms with Gasteiger partial charge in [-0.25, -0.2) is 4.79 Å². The summed E-state index contributed by atoms with van der Waals surface area (Å²) in [6.45, 7) is 15.6. The van der Waals surface area contributed by atoms with Gasteiger partial charge < -0.3 is 15.3 Å². The molecule has 1 aromatic rings. The molecule has 1 unspecified atom stereocenters. The van der Waals surface area contributed by atoms with Crippen molar-refractivity contribution in [2.24, 2.45) is 10.8 Å². The predicted octanol–water partition coefficient (Wildman–Crippen LogP) is 6.74. The van der Waals surface area contributed by atoms with Crippen LogP contribution in [0.1, 0.15) is 85.3 Å². The number of benzene rings is 1. The first-order chi connectivity index (χ1) is 14.6. The molecule has 1 atom stereocenters. The fourth-order valence-electron chi connectivity index (χ4n) is 3.93. The van der Waals surface area contributed by atoms with Crippen molar-refractivity contribution in [2.75, 3.05) is 6.54 Å². The van der Waals surface area contributed by atoms with Crippen molar-refractivity contribution in [1.29, 1.82) is 0 Å². The van der Waals surface area contributed by atoms with Crippen LogP contribution in [0.5, 0.6) is 0 Å². The number of carboxylic acids is 1. The SMILES string of the molecule is CC(C)(C)CCc1ccc(C2(C)NC(=O)N(CCCC(=O)O)C=C2CC(C)(C)C)cc1Cl. The van der Waals surface area contributed by atoms with E-state index >= 15 is 0 Å². The number of nitrogens with zero attached hydrogens (tertiary/aromatic N) is 1. The van der Waals surface area contributed by atoms with Gasteiger partial charge in [-0.2, -0.15) is 0 Å². The molecular weight excluding hydrogens is 424 g/mol. The smallest absolute Gasteiger partial charge is 0.322 e. The normalized spacial score (nSPS) is 19.6. The first-order valence-corrected chi connectivity index (χ1v) is 11.8. The Labute approximate surface area is 198 Å². The summed E-state index contributed by atoms with van der Waals surface area (Å²) in [6, 6.07) is 5.91. The standard InChI is InChI=1S/C26H39ClN2O3/c1-24(2,3)13-12-18-10-11-19(15-21(18)27)26(7)20(16-25(4,5)6)17-29(23(32)28-26)14-8-9-22(30)31/h10-11,15,17H,8-9,12-14,16H2,1-7H3,(H,28,32)(H,30,31). The quantitative estimate of drug-likeness (QED) is 0.449. The van der Waals surface area contributed by atoms with Crippen molar-refractivity contribution >= 4 is 23.6 Å². The molecule has 2 N–H and O–H groups in total. The van der Waals surface area contributed by atoms with Gasteiger partial charge in [-0.3, -0.25) is 4.79 Å². The average molecular weight is 463 g/mol. The summed E-state index contributed by atoms with van der Waals surface area (Å²) >= 11 is 6.69. The number of hydrogen-bond donors (Lipinski definition) is 2. The molecule has 1 aromatic carbocycles. The lowest BCUT2D eigenvalue weighted by atomic mass is 9.75. The van der Waals surface area contributed by atoms with E-state index in [1.54, 1.807) is 4.90 Å². The number of aryl methyl sites for hydroxylation is 1. The number of hydrogen-bond acceptors (Lipinski definition) is 2. The van der Waals surface area contributed by atoms with Crippen LogP contribution in [0.25, 0.3) is 0 Å². The maximum absolute atomic E-state index is 12.9. The molecule has 0 aromatic heterocycles. The Kier molecular flexibility index (Phi) is 8.09. The molecule has 178 valence electrons. The summed E-state index contributed by atoms with van der Waals surface area (Å²) in [5, 5.41) is 12.8. The van der Waals surface area contributed by atoms with Crippen LogP contribution in [0.2, 0.25) is 5.02 Å². The second-order valence-corrected chi connectivity index (χ2v) is 11.9. The largest absolute Gasteiger partial charge is 0.481 e. The number of urea groups is 1. The molecule has 0 saturated heterocycles. The zero-order chi connectivity index (χ0) is 24.3. The molecule has 32 heavy (non-hydrogen) atoms. The summed E-state index contributed by atoms with van der Waals surface area (Å²) in [7, 11) is 0. The van der Waals surface area contributed by atoms with Crippen molar-refractivity contribution in [3.05, 3.63) is 46.1 Å². The molecule has 0 radical (unpaired) electrons. The molecule has 0 saturated carbocycles. The molecule has 0 bridgehead atoms. The molecule has 1 heterocycles. The second kappa shape index (κ2) is 9.86. The Morgan fingerprint density at radius 2 is 1.81 bits per heavy atom. The molecule has 6 heteroatoms. The Bertz CT molecular complexity index is 880. The van der Waals surface area contributed by atoms with E-state index in [1.807, 2.05) is 19.2 Å². The van der Waals surface area contributed by atoms with Gasteiger partial charge in [0.25, 0.3) is 0 Å². The van der Waals surface area contributed by atoms with Crippen molar-refractivity contribution in [3.63, 3.8) is 0 Å². The fraction of sp³-hybridized carbons (Fsp3) is 0.615. The molecule has 1 aliphatic rings. The predicted molar refractivity (Wildman–Crippen MR) is 131 cm³/mol. The van der Waals surface area contributed by atoms with Gasteiger partial charge in [0.1, 0.15) is 0 Å². The summed E-state index contributed by atoms with van der Waals surface area (Å²) < 4.78 is 0. The summed E-state index contributed by atoms with van der Waals surface area (Å²) in [4.78, 5) is 25.4. The third-order valence-electron chi connectivity index (χ3n) is 5.86. The van der Waals surface area contributed by atoms with E-state index in [0.717, 1.165) is 41.0 Å². The number of rotatable bonds is 8. The molecule has 2 amide bonds. The molecule has 0 fully saturated rings. The van der Waals surface area contributed by atoms with Gasteiger partial charge in [0.15, 0.2) is 0 Å². The van der Waals surface area contributed by atoms with Gasteiger partial charge in [0.05, 0.1) is 5.54 Å². The second-order valence-electron chi connectivity index (χ2n) is 11.5. The van der Waals surface area contributed by atoms with Gasteiger partial charge in [0.2, 0.25) is 0 Å². The van der Waals surface area contributed by atoms with Crippen LogP contribution in [-0.2, 0) is 16.8 Å². The summed E-state index contributed by atoms with van der Waals surface area (Å²) in [5.74, 6) is -0.854. The average Bonchev–Trinajstić information content (AvgIpc) is 2.62. The van der Waals surface area contributed by atoms with E-state index in [9.17, 15) is 9.59 Å². The zero-order valence-electron chi connectivity index (χ0n) is 20.6. The third-order valence-corrected chi connectivity index (χ3v) is 6.21. The van der Waals surface area contributed by atoms with Crippen molar-refractivity contribution < 1.29 is 14.7 Å². The lowest BCUT2D eigenvalue weighted by Gasteiger charge is -2.42. The topological polar surface area (TPSA) is 69.6 Å². The van der Waals surface area contributed by atoms with Crippen LogP contribution in [0.4, 0.5) is 4.79 Å². The monoisotopic (exact) mass is 462 g/mol. The highest BCUT2D eigenvalue weighted by Gasteiger charge is 2.40. The fourth-order valence-corrected chi connectivity index (χ4v) is 4.21. The van der Waals surface area contributed by atoms with E-state index in [2.05, 4.69) is 59.0 Å². The molecule has 5 nitrogen and oxygen atoms in total. The Balaban J connectivity index is 2.37. The summed E-state index contributed by atoms with van der Waals surface area (Å²) in [5.41, 5.74) is 2.72. The van der Waals surface area contributed by atoms with Gasteiger partial charge in [-0.1, -0.05) is 65.3 Å². The Hall–Kier alpha value is -2.01. The number of carboxylic acid groups (broad SMARTS) is 1. The molecule has 1 aliphatic heterocycles. The lowest BCUT2D eigenvalue weighted by molar-refractivity contribution is -0.137. The van der Waals surface area contributed by atoms with E-state index < -0.39 is 11.5 Å². The Morgan fingerprint density at radius 3 is 2.34 bits per heavy atom. The number of nitrogens with one attached hydrogen (secondary N) is 1. The molecular formula is C26H39ClN2O3. The minimum Gasteiger partial charge on any atom is -0.481 e. The van der Waals surface area contributed by atoms with E-state index in [-0.39, 0.29) is 23.3 Å². The van der Waals surface area contributed by atoms with Gasteiger partial charge in [0, 0.05) is 24.2 Å². The van der Waals surface area contributed by atoms with E-state index in [0.29, 0.717) is 13.0 Å². The first-order valence-electron chi connectivity index (χ1n) is 11.4. The molecule has 2 rings (SSSR count). The number of amides is 2.